The SMILES string of the molecule is CN[C@@H](C)C(=O)N[C@H](C(=O)N1CCC[C@H]1C(=O)NCCC1CCCCC1)C(C)C. The molecule has 1 aliphatic heterocycles. The summed E-state index contributed by atoms with van der Waals surface area (Å²) in [6, 6.07) is -1.41. The highest BCUT2D eigenvalue weighted by atomic mass is 16.2. The Morgan fingerprint density at radius 3 is 2.31 bits per heavy atom. The third-order valence-electron chi connectivity index (χ3n) is 6.47. The zero-order chi connectivity index (χ0) is 21.4. The van der Waals surface area contributed by atoms with Crippen LogP contribution in [0.3, 0.4) is 0 Å². The molecule has 3 N–H and O–H groups in total. The highest BCUT2D eigenvalue weighted by Crippen LogP contribution is 2.26. The van der Waals surface area contributed by atoms with E-state index in [1.807, 2.05) is 13.8 Å². The second kappa shape index (κ2) is 11.5. The normalized spacial score (nSPS) is 22.4. The van der Waals surface area contributed by atoms with Gasteiger partial charge >= 0.3 is 0 Å². The summed E-state index contributed by atoms with van der Waals surface area (Å²) in [4.78, 5) is 39.9. The van der Waals surface area contributed by atoms with E-state index in [1.54, 1.807) is 18.9 Å². The maximum atomic E-state index is 13.2. The molecule has 2 fully saturated rings. The highest BCUT2D eigenvalue weighted by molar-refractivity contribution is 5.93. The van der Waals surface area contributed by atoms with Gasteiger partial charge in [-0.05, 0) is 45.1 Å². The van der Waals surface area contributed by atoms with Gasteiger partial charge in [0.2, 0.25) is 17.7 Å². The Morgan fingerprint density at radius 2 is 1.69 bits per heavy atom. The third-order valence-corrected chi connectivity index (χ3v) is 6.47. The average molecular weight is 409 g/mol. The molecule has 29 heavy (non-hydrogen) atoms. The van der Waals surface area contributed by atoms with Crippen LogP contribution in [-0.2, 0) is 14.4 Å². The van der Waals surface area contributed by atoms with Gasteiger partial charge in [0, 0.05) is 13.1 Å². The summed E-state index contributed by atoms with van der Waals surface area (Å²) < 4.78 is 0. The van der Waals surface area contributed by atoms with Crippen molar-refractivity contribution in [3.8, 4) is 0 Å². The minimum absolute atomic E-state index is 0.0499. The maximum absolute atomic E-state index is 13.2. The number of carbonyl (C=O) groups is 3. The predicted octanol–water partition coefficient (Wildman–Crippen LogP) is 1.81. The van der Waals surface area contributed by atoms with Crippen molar-refractivity contribution in [2.75, 3.05) is 20.1 Å². The molecule has 0 aromatic rings. The van der Waals surface area contributed by atoms with Crippen molar-refractivity contribution in [1.29, 1.82) is 0 Å². The molecule has 1 aliphatic carbocycles. The van der Waals surface area contributed by atoms with E-state index in [0.717, 1.165) is 18.8 Å². The minimum atomic E-state index is -0.617. The Morgan fingerprint density at radius 1 is 1.00 bits per heavy atom. The first-order chi connectivity index (χ1) is 13.8. The minimum Gasteiger partial charge on any atom is -0.354 e. The lowest BCUT2D eigenvalue weighted by molar-refractivity contribution is -0.142. The van der Waals surface area contributed by atoms with Crippen molar-refractivity contribution in [3.05, 3.63) is 0 Å². The van der Waals surface area contributed by atoms with Crippen LogP contribution in [0.15, 0.2) is 0 Å². The molecular weight excluding hydrogens is 368 g/mol. The van der Waals surface area contributed by atoms with E-state index in [-0.39, 0.29) is 29.7 Å². The van der Waals surface area contributed by atoms with Crippen LogP contribution in [-0.4, -0.2) is 60.9 Å². The number of amides is 3. The van der Waals surface area contributed by atoms with Gasteiger partial charge in [-0.2, -0.15) is 0 Å². The fourth-order valence-corrected chi connectivity index (χ4v) is 4.40. The van der Waals surface area contributed by atoms with Crippen molar-refractivity contribution < 1.29 is 14.4 Å². The Bertz CT molecular complexity index is 560. The van der Waals surface area contributed by atoms with E-state index in [9.17, 15) is 14.4 Å². The molecular formula is C22H40N4O3. The Balaban J connectivity index is 1.91. The van der Waals surface area contributed by atoms with E-state index >= 15 is 0 Å². The quantitative estimate of drug-likeness (QED) is 0.543. The number of hydrogen-bond donors (Lipinski definition) is 3. The smallest absolute Gasteiger partial charge is 0.246 e. The van der Waals surface area contributed by atoms with Crippen molar-refractivity contribution in [3.63, 3.8) is 0 Å². The van der Waals surface area contributed by atoms with Crippen molar-refractivity contribution >= 4 is 17.7 Å². The Hall–Kier alpha value is -1.63. The number of nitrogens with zero attached hydrogens (tertiary/aromatic N) is 1. The fraction of sp³-hybridized carbons (Fsp3) is 0.864. The summed E-state index contributed by atoms with van der Waals surface area (Å²) in [6.45, 7) is 6.85. The molecule has 0 bridgehead atoms. The number of hydrogen-bond acceptors (Lipinski definition) is 4. The largest absolute Gasteiger partial charge is 0.354 e. The van der Waals surface area contributed by atoms with E-state index in [4.69, 9.17) is 0 Å². The second-order valence-electron chi connectivity index (χ2n) is 9.01. The van der Waals surface area contributed by atoms with Gasteiger partial charge in [-0.1, -0.05) is 46.0 Å². The summed E-state index contributed by atoms with van der Waals surface area (Å²) in [5.74, 6) is 0.268. The molecule has 1 heterocycles. The van der Waals surface area contributed by atoms with Crippen molar-refractivity contribution in [2.24, 2.45) is 11.8 Å². The van der Waals surface area contributed by atoms with Crippen LogP contribution >= 0.6 is 0 Å². The lowest BCUT2D eigenvalue weighted by Gasteiger charge is -2.31. The van der Waals surface area contributed by atoms with E-state index < -0.39 is 12.1 Å². The molecule has 7 nitrogen and oxygen atoms in total. The van der Waals surface area contributed by atoms with Gasteiger partial charge < -0.3 is 20.9 Å². The highest BCUT2D eigenvalue weighted by Gasteiger charge is 2.38. The second-order valence-corrected chi connectivity index (χ2v) is 9.01. The molecule has 0 spiro atoms. The molecule has 166 valence electrons. The Kier molecular flexibility index (Phi) is 9.40. The summed E-state index contributed by atoms with van der Waals surface area (Å²) in [5.41, 5.74) is 0. The zero-order valence-corrected chi connectivity index (χ0v) is 18.6. The van der Waals surface area contributed by atoms with Crippen LogP contribution in [0.25, 0.3) is 0 Å². The first-order valence-electron chi connectivity index (χ1n) is 11.4. The standard InChI is InChI=1S/C22H40N4O3/c1-15(2)19(25-20(27)16(3)23-4)22(29)26-14-8-11-18(26)21(28)24-13-12-17-9-6-5-7-10-17/h15-19,23H,5-14H2,1-4H3,(H,24,28)(H,25,27)/t16-,18-,19-/m0/s1. The molecule has 7 heteroatoms. The van der Waals surface area contributed by atoms with Gasteiger partial charge in [0.05, 0.1) is 6.04 Å². The number of carbonyl (C=O) groups excluding carboxylic acids is 3. The Labute approximate surface area is 175 Å². The van der Waals surface area contributed by atoms with Gasteiger partial charge in [-0.15, -0.1) is 0 Å². The molecule has 0 aromatic heterocycles. The lowest BCUT2D eigenvalue weighted by atomic mass is 9.87. The summed E-state index contributed by atoms with van der Waals surface area (Å²) >= 11 is 0. The van der Waals surface area contributed by atoms with Crippen LogP contribution in [0.5, 0.6) is 0 Å². The van der Waals surface area contributed by atoms with Gasteiger partial charge in [0.15, 0.2) is 0 Å². The van der Waals surface area contributed by atoms with Crippen LogP contribution in [0.4, 0.5) is 0 Å². The summed E-state index contributed by atoms with van der Waals surface area (Å²) in [5, 5.41) is 8.82. The maximum Gasteiger partial charge on any atom is 0.246 e. The van der Waals surface area contributed by atoms with Crippen LogP contribution in [0, 0.1) is 11.8 Å². The monoisotopic (exact) mass is 408 g/mol. The molecule has 1 saturated heterocycles. The number of likely N-dealkylation sites (N-methyl/N-ethyl adjacent to an activating group) is 1. The van der Waals surface area contributed by atoms with Crippen LogP contribution < -0.4 is 16.0 Å². The molecule has 3 atom stereocenters. The van der Waals surface area contributed by atoms with Crippen molar-refractivity contribution in [2.45, 2.75) is 90.3 Å². The molecule has 0 radical (unpaired) electrons. The van der Waals surface area contributed by atoms with Gasteiger partial charge in [-0.3, -0.25) is 14.4 Å². The predicted molar refractivity (Wildman–Crippen MR) is 114 cm³/mol. The molecule has 3 amide bonds. The number of likely N-dealkylation sites (tertiary alicyclic amines) is 1. The molecule has 2 aliphatic rings. The van der Waals surface area contributed by atoms with Crippen LogP contribution in [0.1, 0.15) is 72.1 Å². The van der Waals surface area contributed by atoms with E-state index in [1.165, 1.54) is 32.1 Å². The number of rotatable bonds is 9. The fourth-order valence-electron chi connectivity index (χ4n) is 4.40. The van der Waals surface area contributed by atoms with Gasteiger partial charge in [-0.25, -0.2) is 0 Å². The molecule has 0 aromatic carbocycles. The lowest BCUT2D eigenvalue weighted by Crippen LogP contribution is -2.57. The molecule has 1 saturated carbocycles. The van der Waals surface area contributed by atoms with Gasteiger partial charge in [0.1, 0.15) is 12.1 Å². The zero-order valence-electron chi connectivity index (χ0n) is 18.6. The first-order valence-corrected chi connectivity index (χ1v) is 11.4. The van der Waals surface area contributed by atoms with Gasteiger partial charge in [0.25, 0.3) is 0 Å². The first kappa shape index (κ1) is 23.6. The third kappa shape index (κ3) is 6.69. The van der Waals surface area contributed by atoms with Crippen LogP contribution in [0.2, 0.25) is 0 Å². The number of nitrogens with one attached hydrogen (secondary N) is 3. The summed E-state index contributed by atoms with van der Waals surface area (Å²) in [6.07, 6.45) is 9.01. The van der Waals surface area contributed by atoms with E-state index in [0.29, 0.717) is 19.5 Å². The molecule has 0 unspecified atom stereocenters. The average Bonchev–Trinajstić information content (AvgIpc) is 3.21. The van der Waals surface area contributed by atoms with E-state index in [2.05, 4.69) is 16.0 Å². The van der Waals surface area contributed by atoms with Crippen molar-refractivity contribution in [1.82, 2.24) is 20.9 Å². The summed E-state index contributed by atoms with van der Waals surface area (Å²) in [7, 11) is 1.71. The topological polar surface area (TPSA) is 90.5 Å². The molecule has 2 rings (SSSR count).